The molecule has 1 aromatic rings. The van der Waals surface area contributed by atoms with Crippen LogP contribution in [0.1, 0.15) is 61.8 Å². The molecule has 0 atom stereocenters. The fraction of sp³-hybridized carbons (Fsp3) is 0.667. The number of rotatable bonds is 1. The average Bonchev–Trinajstić information content (AvgIpc) is 2.79. The van der Waals surface area contributed by atoms with Gasteiger partial charge < -0.3 is 14.0 Å². The fourth-order valence-corrected chi connectivity index (χ4v) is 3.95. The van der Waals surface area contributed by atoms with Crippen molar-refractivity contribution in [2.75, 3.05) is 13.7 Å². The number of carbonyl (C=O) groups excluding carboxylic acids is 2. The van der Waals surface area contributed by atoms with Crippen LogP contribution in [0.5, 0.6) is 0 Å². The smallest absolute Gasteiger partial charge is 0.411 e. The molecule has 0 unspecified atom stereocenters. The van der Waals surface area contributed by atoms with E-state index in [1.54, 1.807) is 0 Å². The predicted molar refractivity (Wildman–Crippen MR) is 89.0 cm³/mol. The average molecular weight is 334 g/mol. The molecule has 2 heterocycles. The van der Waals surface area contributed by atoms with E-state index in [1.165, 1.54) is 7.11 Å². The van der Waals surface area contributed by atoms with Crippen LogP contribution in [-0.4, -0.2) is 40.8 Å². The van der Waals surface area contributed by atoms with Crippen molar-refractivity contribution in [2.45, 2.75) is 64.6 Å². The minimum absolute atomic E-state index is 0.270. The number of methoxy groups -OCH3 is 1. The van der Waals surface area contributed by atoms with Crippen LogP contribution < -0.4 is 0 Å². The van der Waals surface area contributed by atoms with Gasteiger partial charge in [-0.1, -0.05) is 0 Å². The zero-order chi connectivity index (χ0) is 17.7. The number of hydrogen-bond acceptors (Lipinski definition) is 4. The van der Waals surface area contributed by atoms with Crippen molar-refractivity contribution in [1.82, 2.24) is 9.47 Å². The summed E-state index contributed by atoms with van der Waals surface area (Å²) in [7, 11) is 1.40. The van der Waals surface area contributed by atoms with Crippen LogP contribution in [0.2, 0.25) is 0 Å². The maximum Gasteiger partial charge on any atom is 0.411 e. The number of aryl methyl sites for hydroxylation is 1. The standard InChI is InChI=1S/C18H26N2O4/c1-12-11-13(15(21)23-5)19-9-10-20(16(22)24-17(2,3)4)18(14(12)19)7-6-8-18/h11H,6-10H2,1-5H3. The lowest BCUT2D eigenvalue weighted by atomic mass is 9.71. The first-order valence-electron chi connectivity index (χ1n) is 8.49. The van der Waals surface area contributed by atoms with E-state index >= 15 is 0 Å². The quantitative estimate of drug-likeness (QED) is 0.740. The van der Waals surface area contributed by atoms with E-state index in [-0.39, 0.29) is 17.6 Å². The number of hydrogen-bond donors (Lipinski definition) is 0. The van der Waals surface area contributed by atoms with E-state index in [1.807, 2.05) is 43.2 Å². The predicted octanol–water partition coefficient (Wildman–Crippen LogP) is 3.21. The molecule has 2 aliphatic rings. The molecule has 1 aromatic heterocycles. The Balaban J connectivity index is 2.01. The molecule has 6 nitrogen and oxygen atoms in total. The normalized spacial score (nSPS) is 18.8. The maximum atomic E-state index is 12.7. The minimum Gasteiger partial charge on any atom is -0.464 e. The lowest BCUT2D eigenvalue weighted by molar-refractivity contribution is -0.0430. The molecule has 1 amide bonds. The van der Waals surface area contributed by atoms with Gasteiger partial charge in [-0.05, 0) is 58.6 Å². The van der Waals surface area contributed by atoms with E-state index in [0.29, 0.717) is 18.8 Å². The molecule has 6 heteroatoms. The molecule has 0 saturated heterocycles. The molecule has 1 aliphatic carbocycles. The lowest BCUT2D eigenvalue weighted by Gasteiger charge is -2.53. The summed E-state index contributed by atoms with van der Waals surface area (Å²) in [5, 5.41) is 0. The second-order valence-electron chi connectivity index (χ2n) is 7.72. The lowest BCUT2D eigenvalue weighted by Crippen LogP contribution is -2.59. The van der Waals surface area contributed by atoms with Gasteiger partial charge in [0.2, 0.25) is 0 Å². The number of fused-ring (bicyclic) bond motifs is 2. The highest BCUT2D eigenvalue weighted by Crippen LogP contribution is 2.50. The summed E-state index contributed by atoms with van der Waals surface area (Å²) in [6.45, 7) is 8.76. The second kappa shape index (κ2) is 5.53. The monoisotopic (exact) mass is 334 g/mol. The highest BCUT2D eigenvalue weighted by Gasteiger charge is 2.52. The molecule has 0 radical (unpaired) electrons. The molecule has 24 heavy (non-hydrogen) atoms. The Labute approximate surface area is 142 Å². The van der Waals surface area contributed by atoms with Gasteiger partial charge in [0.05, 0.1) is 12.6 Å². The summed E-state index contributed by atoms with van der Waals surface area (Å²) in [4.78, 5) is 26.7. The number of ether oxygens (including phenoxy) is 2. The van der Waals surface area contributed by atoms with Crippen molar-refractivity contribution < 1.29 is 19.1 Å². The molecule has 1 saturated carbocycles. The van der Waals surface area contributed by atoms with Crippen LogP contribution in [0.4, 0.5) is 4.79 Å². The highest BCUT2D eigenvalue weighted by atomic mass is 16.6. The zero-order valence-corrected chi connectivity index (χ0v) is 15.1. The Morgan fingerprint density at radius 3 is 2.38 bits per heavy atom. The third-order valence-corrected chi connectivity index (χ3v) is 4.98. The topological polar surface area (TPSA) is 60.8 Å². The molecule has 1 fully saturated rings. The number of carbonyl (C=O) groups is 2. The molecular weight excluding hydrogens is 308 g/mol. The summed E-state index contributed by atoms with van der Waals surface area (Å²) in [6.07, 6.45) is 2.60. The Hall–Kier alpha value is -1.98. The molecule has 1 spiro atoms. The van der Waals surface area contributed by atoms with Crippen LogP contribution in [0, 0.1) is 6.92 Å². The van der Waals surface area contributed by atoms with Gasteiger partial charge in [-0.3, -0.25) is 4.90 Å². The molecule has 0 bridgehead atoms. The van der Waals surface area contributed by atoms with Crippen LogP contribution >= 0.6 is 0 Å². The molecule has 0 aromatic carbocycles. The van der Waals surface area contributed by atoms with Gasteiger partial charge in [0.1, 0.15) is 11.3 Å². The van der Waals surface area contributed by atoms with Crippen molar-refractivity contribution in [2.24, 2.45) is 0 Å². The molecule has 132 valence electrons. The van der Waals surface area contributed by atoms with E-state index in [0.717, 1.165) is 30.5 Å². The van der Waals surface area contributed by atoms with Crippen LogP contribution in [0.25, 0.3) is 0 Å². The van der Waals surface area contributed by atoms with Gasteiger partial charge in [0.25, 0.3) is 0 Å². The Morgan fingerprint density at radius 2 is 1.88 bits per heavy atom. The first kappa shape index (κ1) is 16.9. The summed E-state index contributed by atoms with van der Waals surface area (Å²) < 4.78 is 12.6. The molecule has 0 N–H and O–H groups in total. The van der Waals surface area contributed by atoms with Crippen LogP contribution in [0.15, 0.2) is 6.07 Å². The van der Waals surface area contributed by atoms with E-state index in [2.05, 4.69) is 0 Å². The number of amides is 1. The van der Waals surface area contributed by atoms with Gasteiger partial charge >= 0.3 is 12.1 Å². The fourth-order valence-electron chi connectivity index (χ4n) is 3.95. The summed E-state index contributed by atoms with van der Waals surface area (Å²) >= 11 is 0. The zero-order valence-electron chi connectivity index (χ0n) is 15.1. The van der Waals surface area contributed by atoms with Crippen molar-refractivity contribution >= 4 is 12.1 Å². The van der Waals surface area contributed by atoms with Gasteiger partial charge in [0, 0.05) is 18.8 Å². The number of aromatic nitrogens is 1. The van der Waals surface area contributed by atoms with Crippen LogP contribution in [-0.2, 0) is 21.6 Å². The molecular formula is C18H26N2O4. The van der Waals surface area contributed by atoms with Crippen molar-refractivity contribution in [1.29, 1.82) is 0 Å². The second-order valence-corrected chi connectivity index (χ2v) is 7.72. The third kappa shape index (κ3) is 2.48. The Kier molecular flexibility index (Phi) is 3.89. The maximum absolute atomic E-state index is 12.7. The van der Waals surface area contributed by atoms with Gasteiger partial charge in [-0.15, -0.1) is 0 Å². The third-order valence-electron chi connectivity index (χ3n) is 4.98. The summed E-state index contributed by atoms with van der Waals surface area (Å²) in [5.74, 6) is -0.329. The number of esters is 1. The minimum atomic E-state index is -0.520. The van der Waals surface area contributed by atoms with Crippen molar-refractivity contribution in [3.05, 3.63) is 23.0 Å². The van der Waals surface area contributed by atoms with Gasteiger partial charge in [0.15, 0.2) is 0 Å². The summed E-state index contributed by atoms with van der Waals surface area (Å²) in [5.41, 5.74) is 1.79. The largest absolute Gasteiger partial charge is 0.464 e. The highest BCUT2D eigenvalue weighted by molar-refractivity contribution is 5.88. The first-order chi connectivity index (χ1) is 11.2. The summed E-state index contributed by atoms with van der Waals surface area (Å²) in [6, 6.07) is 1.87. The Bertz CT molecular complexity index is 680. The van der Waals surface area contributed by atoms with Crippen molar-refractivity contribution in [3.63, 3.8) is 0 Å². The van der Waals surface area contributed by atoms with Gasteiger partial charge in [-0.25, -0.2) is 9.59 Å². The van der Waals surface area contributed by atoms with Crippen molar-refractivity contribution in [3.8, 4) is 0 Å². The SMILES string of the molecule is COC(=O)c1cc(C)c2n1CCN(C(=O)OC(C)(C)C)C21CCC1. The Morgan fingerprint density at radius 1 is 1.21 bits per heavy atom. The van der Waals surface area contributed by atoms with Gasteiger partial charge in [-0.2, -0.15) is 0 Å². The molecule has 1 aliphatic heterocycles. The van der Waals surface area contributed by atoms with E-state index in [9.17, 15) is 9.59 Å². The number of nitrogens with zero attached hydrogens (tertiary/aromatic N) is 2. The van der Waals surface area contributed by atoms with E-state index in [4.69, 9.17) is 9.47 Å². The van der Waals surface area contributed by atoms with E-state index < -0.39 is 5.60 Å². The molecule has 3 rings (SSSR count). The van der Waals surface area contributed by atoms with Crippen LogP contribution in [0.3, 0.4) is 0 Å². The first-order valence-corrected chi connectivity index (χ1v) is 8.49.